The van der Waals surface area contributed by atoms with Crippen LogP contribution in [0.5, 0.6) is 17.4 Å². The number of rotatable bonds is 6. The second kappa shape index (κ2) is 9.24. The number of amides is 1. The molecule has 0 aliphatic carbocycles. The lowest BCUT2D eigenvalue weighted by atomic mass is 10.2. The van der Waals surface area contributed by atoms with Gasteiger partial charge < -0.3 is 19.6 Å². The predicted octanol–water partition coefficient (Wildman–Crippen LogP) is 6.61. The fourth-order valence-electron chi connectivity index (χ4n) is 3.49. The third-order valence-electron chi connectivity index (χ3n) is 5.04. The number of ether oxygens (including phenoxy) is 2. The highest BCUT2D eigenvalue weighted by Crippen LogP contribution is 2.41. The number of fused-ring (bicyclic) bond motifs is 2. The predicted molar refractivity (Wildman–Crippen MR) is 134 cm³/mol. The topological polar surface area (TPSA) is 109 Å². The van der Waals surface area contributed by atoms with Gasteiger partial charge in [0.15, 0.2) is 23.8 Å². The van der Waals surface area contributed by atoms with Gasteiger partial charge in [-0.15, -0.1) is 21.6 Å². The van der Waals surface area contributed by atoms with E-state index >= 15 is 0 Å². The lowest BCUT2D eigenvalue weighted by Crippen LogP contribution is -2.09. The van der Waals surface area contributed by atoms with E-state index in [9.17, 15) is 9.90 Å². The summed E-state index contributed by atoms with van der Waals surface area (Å²) in [5, 5.41) is 19.2. The summed E-state index contributed by atoms with van der Waals surface area (Å²) < 4.78 is 13.1. The molecule has 2 heterocycles. The third-order valence-corrected chi connectivity index (χ3v) is 6.60. The van der Waals surface area contributed by atoms with Crippen LogP contribution >= 0.6 is 27.3 Å². The fourth-order valence-corrected chi connectivity index (χ4v) is 4.84. The van der Waals surface area contributed by atoms with E-state index in [2.05, 4.69) is 36.1 Å². The van der Waals surface area contributed by atoms with E-state index in [4.69, 9.17) is 9.47 Å². The first-order valence-corrected chi connectivity index (χ1v) is 11.7. The molecule has 3 aromatic carbocycles. The van der Waals surface area contributed by atoms with Gasteiger partial charge in [0.05, 0.1) is 28.4 Å². The normalized spacial score (nSPS) is 11.5. The summed E-state index contributed by atoms with van der Waals surface area (Å²) in [6, 6.07) is 18.7. The molecular weight excluding hydrogens is 520 g/mol. The molecular formula is C24H17BrN4O4S. The number of carbonyl (C=O) groups excluding carboxylic acids is 1. The quantitative estimate of drug-likeness (QED) is 0.237. The second-order valence-corrected chi connectivity index (χ2v) is 9.16. The minimum absolute atomic E-state index is 0.173. The van der Waals surface area contributed by atoms with Gasteiger partial charge in [0.25, 0.3) is 0 Å². The number of methoxy groups -OCH3 is 1. The average molecular weight is 537 g/mol. The van der Waals surface area contributed by atoms with Crippen LogP contribution in [-0.4, -0.2) is 34.7 Å². The number of nitrogens with zero attached hydrogens (tertiary/aromatic N) is 3. The average Bonchev–Trinajstić information content (AvgIpc) is 3.41. The summed E-state index contributed by atoms with van der Waals surface area (Å²) >= 11 is 4.91. The Balaban J connectivity index is 1.39. The Morgan fingerprint density at radius 2 is 2.03 bits per heavy atom. The van der Waals surface area contributed by atoms with Gasteiger partial charge in [-0.2, -0.15) is 0 Å². The van der Waals surface area contributed by atoms with E-state index in [1.807, 2.05) is 42.5 Å². The highest BCUT2D eigenvalue weighted by Gasteiger charge is 2.18. The number of hydrogen-bond donors (Lipinski definition) is 2. The second-order valence-electron chi connectivity index (χ2n) is 7.22. The van der Waals surface area contributed by atoms with E-state index in [1.165, 1.54) is 18.4 Å². The van der Waals surface area contributed by atoms with Crippen LogP contribution in [-0.2, 0) is 4.79 Å². The maximum absolute atomic E-state index is 12.5. The summed E-state index contributed by atoms with van der Waals surface area (Å²) in [4.78, 5) is 20.0. The van der Waals surface area contributed by atoms with Gasteiger partial charge in [-0.05, 0) is 42.5 Å². The van der Waals surface area contributed by atoms with E-state index < -0.39 is 5.91 Å². The maximum atomic E-state index is 12.5. The van der Waals surface area contributed by atoms with Crippen molar-refractivity contribution in [1.29, 1.82) is 0 Å². The molecule has 0 radical (unpaired) electrons. The molecule has 5 rings (SSSR count). The number of carbonyl (C=O) groups is 1. The van der Waals surface area contributed by atoms with E-state index in [0.717, 1.165) is 19.7 Å². The number of hydrogen-bond acceptors (Lipinski definition) is 7. The Morgan fingerprint density at radius 1 is 1.18 bits per heavy atom. The van der Waals surface area contributed by atoms with Gasteiger partial charge in [-0.25, -0.2) is 4.98 Å². The number of H-pyrrole nitrogens is 1. The van der Waals surface area contributed by atoms with E-state index in [-0.39, 0.29) is 18.2 Å². The molecule has 10 heteroatoms. The SMILES string of the molecule is COc1cccc(-c2nc3ccccc3s2)c1OCC(=O)N=Nc1c(O)[nH]c2ccc(Br)cc12. The van der Waals surface area contributed by atoms with Crippen LogP contribution in [0.4, 0.5) is 5.69 Å². The molecule has 2 aromatic heterocycles. The molecule has 34 heavy (non-hydrogen) atoms. The standard InChI is InChI=1S/C24H17BrN4O4S/c1-32-18-7-4-5-14(24-27-17-6-2-3-8-19(17)34-24)22(18)33-12-20(30)28-29-21-15-11-13(25)9-10-16(15)26-23(21)31/h2-11,26,31H,12H2,1H3. The molecule has 0 aliphatic rings. The summed E-state index contributed by atoms with van der Waals surface area (Å²) in [7, 11) is 1.53. The molecule has 0 saturated carbocycles. The highest BCUT2D eigenvalue weighted by atomic mass is 79.9. The number of aromatic nitrogens is 2. The number of aromatic amines is 1. The first kappa shape index (κ1) is 22.1. The van der Waals surface area contributed by atoms with Crippen LogP contribution in [0.2, 0.25) is 0 Å². The smallest absolute Gasteiger partial charge is 0.302 e. The third kappa shape index (κ3) is 4.25. The van der Waals surface area contributed by atoms with Crippen LogP contribution in [0, 0.1) is 0 Å². The highest BCUT2D eigenvalue weighted by molar-refractivity contribution is 9.10. The van der Waals surface area contributed by atoms with Crippen molar-refractivity contribution in [3.63, 3.8) is 0 Å². The van der Waals surface area contributed by atoms with E-state index in [1.54, 1.807) is 18.2 Å². The Morgan fingerprint density at radius 3 is 2.85 bits per heavy atom. The lowest BCUT2D eigenvalue weighted by Gasteiger charge is -2.12. The Hall–Kier alpha value is -3.76. The van der Waals surface area contributed by atoms with Crippen molar-refractivity contribution in [3.05, 3.63) is 65.1 Å². The number of para-hydroxylation sites is 2. The Bertz CT molecular complexity index is 1530. The number of azo groups is 1. The van der Waals surface area contributed by atoms with Gasteiger partial charge in [-0.1, -0.05) is 34.1 Å². The molecule has 8 nitrogen and oxygen atoms in total. The van der Waals surface area contributed by atoms with Crippen molar-refractivity contribution in [3.8, 4) is 28.0 Å². The maximum Gasteiger partial charge on any atom is 0.302 e. The lowest BCUT2D eigenvalue weighted by molar-refractivity contribution is -0.120. The molecule has 2 N–H and O–H groups in total. The molecule has 0 aliphatic heterocycles. The summed E-state index contributed by atoms with van der Waals surface area (Å²) in [5.74, 6) is 0.0745. The zero-order valence-corrected chi connectivity index (χ0v) is 20.2. The minimum Gasteiger partial charge on any atom is -0.493 e. The molecule has 0 atom stereocenters. The van der Waals surface area contributed by atoms with Crippen molar-refractivity contribution in [2.45, 2.75) is 0 Å². The van der Waals surface area contributed by atoms with Crippen LogP contribution in [0.1, 0.15) is 0 Å². The Labute approximate surface area is 206 Å². The minimum atomic E-state index is -0.620. The summed E-state index contributed by atoms with van der Waals surface area (Å²) in [6.45, 7) is -0.366. The Kier molecular flexibility index (Phi) is 5.99. The number of halogens is 1. The van der Waals surface area contributed by atoms with Crippen LogP contribution in [0.25, 0.3) is 31.7 Å². The van der Waals surface area contributed by atoms with Gasteiger partial charge in [0, 0.05) is 9.86 Å². The van der Waals surface area contributed by atoms with Crippen LogP contribution in [0.3, 0.4) is 0 Å². The monoisotopic (exact) mass is 536 g/mol. The van der Waals surface area contributed by atoms with Crippen molar-refractivity contribution in [1.82, 2.24) is 9.97 Å². The zero-order chi connectivity index (χ0) is 23.7. The first-order valence-electron chi connectivity index (χ1n) is 10.1. The van der Waals surface area contributed by atoms with Gasteiger partial charge in [-0.3, -0.25) is 4.79 Å². The molecule has 0 spiro atoms. The molecule has 1 amide bonds. The van der Waals surface area contributed by atoms with Crippen molar-refractivity contribution in [2.24, 2.45) is 10.2 Å². The zero-order valence-electron chi connectivity index (χ0n) is 17.8. The summed E-state index contributed by atoms with van der Waals surface area (Å²) in [5.41, 5.74) is 2.45. The molecule has 0 bridgehead atoms. The summed E-state index contributed by atoms with van der Waals surface area (Å²) in [6.07, 6.45) is 0. The van der Waals surface area contributed by atoms with Crippen LogP contribution < -0.4 is 9.47 Å². The molecule has 0 saturated heterocycles. The number of benzene rings is 3. The fraction of sp³-hybridized carbons (Fsp3) is 0.0833. The first-order chi connectivity index (χ1) is 16.5. The largest absolute Gasteiger partial charge is 0.493 e. The molecule has 170 valence electrons. The van der Waals surface area contributed by atoms with Gasteiger partial charge in [0.1, 0.15) is 5.01 Å². The number of thiazole rings is 1. The van der Waals surface area contributed by atoms with Crippen LogP contribution in [0.15, 0.2) is 75.4 Å². The van der Waals surface area contributed by atoms with E-state index in [0.29, 0.717) is 28.0 Å². The molecule has 5 aromatic rings. The number of aromatic hydroxyl groups is 1. The van der Waals surface area contributed by atoms with Gasteiger partial charge >= 0.3 is 5.91 Å². The molecule has 0 fully saturated rings. The number of nitrogens with one attached hydrogen (secondary N) is 1. The van der Waals surface area contributed by atoms with Crippen molar-refractivity contribution in [2.75, 3.05) is 13.7 Å². The van der Waals surface area contributed by atoms with Crippen molar-refractivity contribution < 1.29 is 19.4 Å². The van der Waals surface area contributed by atoms with Gasteiger partial charge in [0.2, 0.25) is 5.88 Å². The van der Waals surface area contributed by atoms with Crippen molar-refractivity contribution >= 4 is 60.0 Å². The molecule has 0 unspecified atom stereocenters.